The normalized spacial score (nSPS) is 12.9. The molecule has 84 valence electrons. The minimum atomic E-state index is 0.143. The molecule has 0 aliphatic rings. The first kappa shape index (κ1) is 12.0. The molecular formula is C12H19NO2. The van der Waals surface area contributed by atoms with Crippen LogP contribution in [-0.2, 0) is 0 Å². The maximum Gasteiger partial charge on any atom is 0.213 e. The van der Waals surface area contributed by atoms with Crippen molar-refractivity contribution in [3.8, 4) is 5.88 Å². The van der Waals surface area contributed by atoms with Gasteiger partial charge in [-0.25, -0.2) is 4.98 Å². The van der Waals surface area contributed by atoms with Gasteiger partial charge in [0, 0.05) is 24.8 Å². The number of hydrogen-bond acceptors (Lipinski definition) is 3. The SMILES string of the molecule is CC(CO)COc1cc(C(C)C)ccn1. The molecule has 3 heteroatoms. The number of rotatable bonds is 5. The molecule has 1 unspecified atom stereocenters. The molecule has 3 nitrogen and oxygen atoms in total. The molecule has 0 aliphatic carbocycles. The standard InChI is InChI=1S/C12H19NO2/c1-9(2)11-4-5-13-12(6-11)15-8-10(3)7-14/h4-6,9-10,14H,7-8H2,1-3H3. The van der Waals surface area contributed by atoms with Crippen LogP contribution in [0.3, 0.4) is 0 Å². The molecule has 1 N–H and O–H groups in total. The number of aliphatic hydroxyl groups is 1. The van der Waals surface area contributed by atoms with Gasteiger partial charge in [-0.05, 0) is 17.5 Å². The summed E-state index contributed by atoms with van der Waals surface area (Å²) in [6, 6.07) is 3.95. The van der Waals surface area contributed by atoms with E-state index in [0.29, 0.717) is 18.4 Å². The lowest BCUT2D eigenvalue weighted by atomic mass is 10.1. The molecule has 15 heavy (non-hydrogen) atoms. The fraction of sp³-hybridized carbons (Fsp3) is 0.583. The monoisotopic (exact) mass is 209 g/mol. The van der Waals surface area contributed by atoms with Crippen molar-refractivity contribution in [1.82, 2.24) is 4.98 Å². The highest BCUT2D eigenvalue weighted by atomic mass is 16.5. The zero-order chi connectivity index (χ0) is 11.3. The molecule has 0 radical (unpaired) electrons. The molecule has 0 spiro atoms. The second-order valence-electron chi connectivity index (χ2n) is 4.18. The lowest BCUT2D eigenvalue weighted by Gasteiger charge is -2.11. The first-order valence-corrected chi connectivity index (χ1v) is 5.33. The molecule has 0 saturated carbocycles. The lowest BCUT2D eigenvalue weighted by Crippen LogP contribution is -2.12. The largest absolute Gasteiger partial charge is 0.477 e. The predicted octanol–water partition coefficient (Wildman–Crippen LogP) is 2.21. The predicted molar refractivity (Wildman–Crippen MR) is 60.1 cm³/mol. The third kappa shape index (κ3) is 3.88. The van der Waals surface area contributed by atoms with Crippen LogP contribution in [0.1, 0.15) is 32.3 Å². The molecule has 0 aromatic carbocycles. The van der Waals surface area contributed by atoms with Gasteiger partial charge in [-0.15, -0.1) is 0 Å². The first-order chi connectivity index (χ1) is 7.13. The molecule has 1 rings (SSSR count). The molecule has 1 heterocycles. The van der Waals surface area contributed by atoms with E-state index in [4.69, 9.17) is 9.84 Å². The highest BCUT2D eigenvalue weighted by Crippen LogP contribution is 2.17. The van der Waals surface area contributed by atoms with Gasteiger partial charge in [0.2, 0.25) is 5.88 Å². The Labute approximate surface area is 91.1 Å². The van der Waals surface area contributed by atoms with Crippen molar-refractivity contribution in [2.45, 2.75) is 26.7 Å². The van der Waals surface area contributed by atoms with Crippen molar-refractivity contribution >= 4 is 0 Å². The summed E-state index contributed by atoms with van der Waals surface area (Å²) in [7, 11) is 0. The summed E-state index contributed by atoms with van der Waals surface area (Å²) in [6.07, 6.45) is 1.76. The maximum absolute atomic E-state index is 8.86. The summed E-state index contributed by atoms with van der Waals surface area (Å²) in [5.74, 6) is 1.27. The van der Waals surface area contributed by atoms with Gasteiger partial charge in [-0.3, -0.25) is 0 Å². The summed E-state index contributed by atoms with van der Waals surface area (Å²) in [5, 5.41) is 8.86. The van der Waals surface area contributed by atoms with Crippen molar-refractivity contribution in [1.29, 1.82) is 0 Å². The van der Waals surface area contributed by atoms with Crippen LogP contribution in [0.2, 0.25) is 0 Å². The summed E-state index contributed by atoms with van der Waals surface area (Å²) in [5.41, 5.74) is 1.22. The number of nitrogens with zero attached hydrogens (tertiary/aromatic N) is 1. The van der Waals surface area contributed by atoms with E-state index < -0.39 is 0 Å². The third-order valence-electron chi connectivity index (χ3n) is 2.25. The third-order valence-corrected chi connectivity index (χ3v) is 2.25. The zero-order valence-electron chi connectivity index (χ0n) is 9.60. The van der Waals surface area contributed by atoms with Crippen molar-refractivity contribution in [3.63, 3.8) is 0 Å². The topological polar surface area (TPSA) is 42.4 Å². The van der Waals surface area contributed by atoms with Gasteiger partial charge in [0.25, 0.3) is 0 Å². The van der Waals surface area contributed by atoms with Crippen LogP contribution in [0, 0.1) is 5.92 Å². The highest BCUT2D eigenvalue weighted by Gasteiger charge is 2.04. The van der Waals surface area contributed by atoms with E-state index in [2.05, 4.69) is 18.8 Å². The Hall–Kier alpha value is -1.09. The van der Waals surface area contributed by atoms with Gasteiger partial charge < -0.3 is 9.84 Å². The Kier molecular flexibility index (Phi) is 4.56. The van der Waals surface area contributed by atoms with Crippen LogP contribution in [-0.4, -0.2) is 23.3 Å². The molecule has 0 fully saturated rings. The van der Waals surface area contributed by atoms with Crippen LogP contribution in [0.5, 0.6) is 5.88 Å². The van der Waals surface area contributed by atoms with Crippen molar-refractivity contribution in [2.75, 3.05) is 13.2 Å². The summed E-state index contributed by atoms with van der Waals surface area (Å²) < 4.78 is 5.48. The molecule has 0 saturated heterocycles. The van der Waals surface area contributed by atoms with Gasteiger partial charge in [0.15, 0.2) is 0 Å². The van der Waals surface area contributed by atoms with E-state index >= 15 is 0 Å². The van der Waals surface area contributed by atoms with Gasteiger partial charge in [-0.2, -0.15) is 0 Å². The van der Waals surface area contributed by atoms with Crippen LogP contribution in [0.4, 0.5) is 0 Å². The lowest BCUT2D eigenvalue weighted by molar-refractivity contribution is 0.171. The van der Waals surface area contributed by atoms with Crippen molar-refractivity contribution in [3.05, 3.63) is 23.9 Å². The molecule has 0 aliphatic heterocycles. The number of pyridine rings is 1. The van der Waals surface area contributed by atoms with Crippen LogP contribution >= 0.6 is 0 Å². The van der Waals surface area contributed by atoms with Gasteiger partial charge >= 0.3 is 0 Å². The van der Waals surface area contributed by atoms with Crippen LogP contribution in [0.15, 0.2) is 18.3 Å². The van der Waals surface area contributed by atoms with Crippen LogP contribution < -0.4 is 4.74 Å². The molecule has 1 aromatic heterocycles. The van der Waals surface area contributed by atoms with Crippen molar-refractivity contribution in [2.24, 2.45) is 5.92 Å². The molecular weight excluding hydrogens is 190 g/mol. The fourth-order valence-electron chi connectivity index (χ4n) is 1.14. The molecule has 1 aromatic rings. The summed E-state index contributed by atoms with van der Waals surface area (Å²) in [6.45, 7) is 6.85. The minimum Gasteiger partial charge on any atom is -0.477 e. The Morgan fingerprint density at radius 2 is 2.13 bits per heavy atom. The number of aromatic nitrogens is 1. The number of aliphatic hydroxyl groups excluding tert-OH is 1. The van der Waals surface area contributed by atoms with Gasteiger partial charge in [0.1, 0.15) is 0 Å². The summed E-state index contributed by atoms with van der Waals surface area (Å²) in [4.78, 5) is 4.12. The molecule has 1 atom stereocenters. The van der Waals surface area contributed by atoms with Gasteiger partial charge in [0.05, 0.1) is 6.61 Å². The van der Waals surface area contributed by atoms with E-state index in [-0.39, 0.29) is 12.5 Å². The highest BCUT2D eigenvalue weighted by molar-refractivity contribution is 5.22. The average Bonchev–Trinajstić information content (AvgIpc) is 2.26. The van der Waals surface area contributed by atoms with Crippen molar-refractivity contribution < 1.29 is 9.84 Å². The summed E-state index contributed by atoms with van der Waals surface area (Å²) >= 11 is 0. The quantitative estimate of drug-likeness (QED) is 0.808. The van der Waals surface area contributed by atoms with E-state index in [1.54, 1.807) is 6.20 Å². The van der Waals surface area contributed by atoms with E-state index in [1.807, 2.05) is 19.1 Å². The average molecular weight is 209 g/mol. The van der Waals surface area contributed by atoms with E-state index in [1.165, 1.54) is 5.56 Å². The maximum atomic E-state index is 8.86. The Bertz CT molecular complexity index is 299. The van der Waals surface area contributed by atoms with Gasteiger partial charge in [-0.1, -0.05) is 20.8 Å². The van der Waals surface area contributed by atoms with E-state index in [9.17, 15) is 0 Å². The number of hydrogen-bond donors (Lipinski definition) is 1. The molecule has 0 bridgehead atoms. The Balaban J connectivity index is 2.58. The molecule has 0 amide bonds. The Morgan fingerprint density at radius 1 is 1.40 bits per heavy atom. The zero-order valence-corrected chi connectivity index (χ0v) is 9.60. The number of ether oxygens (including phenoxy) is 1. The minimum absolute atomic E-state index is 0.143. The Morgan fingerprint density at radius 3 is 2.73 bits per heavy atom. The fourth-order valence-corrected chi connectivity index (χ4v) is 1.14. The second-order valence-corrected chi connectivity index (χ2v) is 4.18. The first-order valence-electron chi connectivity index (χ1n) is 5.33. The smallest absolute Gasteiger partial charge is 0.213 e. The van der Waals surface area contributed by atoms with Crippen LogP contribution in [0.25, 0.3) is 0 Å². The second kappa shape index (κ2) is 5.71. The van der Waals surface area contributed by atoms with E-state index in [0.717, 1.165) is 0 Å².